The smallest absolute Gasteiger partial charge is 0.255 e. The topological polar surface area (TPSA) is 68.0 Å². The number of benzene rings is 2. The van der Waals surface area contributed by atoms with Gasteiger partial charge in [0.15, 0.2) is 0 Å². The second kappa shape index (κ2) is 6.39. The van der Waals surface area contributed by atoms with E-state index in [2.05, 4.69) is 15.5 Å². The summed E-state index contributed by atoms with van der Waals surface area (Å²) in [7, 11) is 0. The van der Waals surface area contributed by atoms with Crippen LogP contribution in [0.25, 0.3) is 11.5 Å². The molecule has 1 aromatic heterocycles. The Bertz CT molecular complexity index is 811. The fourth-order valence-corrected chi connectivity index (χ4v) is 2.01. The van der Waals surface area contributed by atoms with Gasteiger partial charge in [0, 0.05) is 23.2 Å². The highest BCUT2D eigenvalue weighted by atomic mass is 19.1. The Balaban J connectivity index is 1.72. The molecule has 116 valence electrons. The molecule has 0 saturated carbocycles. The second-order valence-electron chi connectivity index (χ2n) is 4.89. The van der Waals surface area contributed by atoms with Crippen molar-refractivity contribution in [1.29, 1.82) is 0 Å². The molecule has 0 unspecified atom stereocenters. The third-order valence-electron chi connectivity index (χ3n) is 3.27. The van der Waals surface area contributed by atoms with Crippen molar-refractivity contribution in [3.8, 4) is 11.5 Å². The summed E-state index contributed by atoms with van der Waals surface area (Å²) in [6.45, 7) is 1.94. The molecule has 5 nitrogen and oxygen atoms in total. The summed E-state index contributed by atoms with van der Waals surface area (Å²) in [4.78, 5) is 12.0. The second-order valence-corrected chi connectivity index (χ2v) is 4.89. The highest BCUT2D eigenvalue weighted by Gasteiger charge is 2.09. The van der Waals surface area contributed by atoms with Crippen LogP contribution >= 0.6 is 0 Å². The predicted molar refractivity (Wildman–Crippen MR) is 83.5 cm³/mol. The lowest BCUT2D eigenvalue weighted by molar-refractivity contribution is 0.102. The molecule has 0 fully saturated rings. The summed E-state index contributed by atoms with van der Waals surface area (Å²) in [5, 5.41) is 10.6. The van der Waals surface area contributed by atoms with E-state index in [1.165, 1.54) is 24.3 Å². The maximum atomic E-state index is 12.9. The summed E-state index contributed by atoms with van der Waals surface area (Å²) in [5.41, 5.74) is 1.79. The van der Waals surface area contributed by atoms with Crippen molar-refractivity contribution >= 4 is 11.6 Å². The standard InChI is InChI=1S/C17H14FN3O2/c1-2-15-20-21-17(23-15)12-5-9-14(10-6-12)19-16(22)11-3-7-13(18)8-4-11/h3-10H,2H2,1H3,(H,19,22). The van der Waals surface area contributed by atoms with E-state index in [4.69, 9.17) is 4.42 Å². The minimum Gasteiger partial charge on any atom is -0.421 e. The van der Waals surface area contributed by atoms with E-state index in [0.29, 0.717) is 29.5 Å². The van der Waals surface area contributed by atoms with E-state index in [1.807, 2.05) is 6.92 Å². The van der Waals surface area contributed by atoms with Gasteiger partial charge in [-0.1, -0.05) is 6.92 Å². The first-order chi connectivity index (χ1) is 11.2. The number of carbonyl (C=O) groups is 1. The molecule has 0 aliphatic carbocycles. The lowest BCUT2D eigenvalue weighted by atomic mass is 10.2. The highest BCUT2D eigenvalue weighted by molar-refractivity contribution is 6.04. The van der Waals surface area contributed by atoms with Crippen molar-refractivity contribution in [3.63, 3.8) is 0 Å². The maximum absolute atomic E-state index is 12.9. The van der Waals surface area contributed by atoms with Crippen molar-refractivity contribution in [2.75, 3.05) is 5.32 Å². The van der Waals surface area contributed by atoms with Gasteiger partial charge in [0.25, 0.3) is 5.91 Å². The largest absolute Gasteiger partial charge is 0.421 e. The molecule has 1 heterocycles. The van der Waals surface area contributed by atoms with Gasteiger partial charge in [0.2, 0.25) is 11.8 Å². The molecule has 0 radical (unpaired) electrons. The zero-order chi connectivity index (χ0) is 16.2. The van der Waals surface area contributed by atoms with E-state index >= 15 is 0 Å². The third kappa shape index (κ3) is 3.42. The number of hydrogen-bond donors (Lipinski definition) is 1. The van der Waals surface area contributed by atoms with E-state index in [0.717, 1.165) is 5.56 Å². The predicted octanol–water partition coefficient (Wildman–Crippen LogP) is 3.69. The van der Waals surface area contributed by atoms with Crippen LogP contribution in [0, 0.1) is 5.82 Å². The van der Waals surface area contributed by atoms with Crippen LogP contribution in [0.3, 0.4) is 0 Å². The Hall–Kier alpha value is -3.02. The molecular formula is C17H14FN3O2. The van der Waals surface area contributed by atoms with Crippen molar-refractivity contribution in [2.45, 2.75) is 13.3 Å². The van der Waals surface area contributed by atoms with Crippen molar-refractivity contribution in [2.24, 2.45) is 0 Å². The summed E-state index contributed by atoms with van der Waals surface area (Å²) >= 11 is 0. The van der Waals surface area contributed by atoms with Gasteiger partial charge in [-0.05, 0) is 48.5 Å². The first-order valence-electron chi connectivity index (χ1n) is 7.15. The van der Waals surface area contributed by atoms with Gasteiger partial charge in [-0.2, -0.15) is 0 Å². The molecule has 0 atom stereocenters. The van der Waals surface area contributed by atoms with Gasteiger partial charge in [-0.15, -0.1) is 10.2 Å². The zero-order valence-electron chi connectivity index (χ0n) is 12.4. The van der Waals surface area contributed by atoms with Crippen molar-refractivity contribution in [1.82, 2.24) is 10.2 Å². The minimum atomic E-state index is -0.378. The zero-order valence-corrected chi connectivity index (χ0v) is 12.4. The summed E-state index contributed by atoms with van der Waals surface area (Å²) < 4.78 is 18.3. The summed E-state index contributed by atoms with van der Waals surface area (Å²) in [6, 6.07) is 12.4. The number of carbonyl (C=O) groups excluding carboxylic acids is 1. The first kappa shape index (κ1) is 14.9. The van der Waals surface area contributed by atoms with E-state index in [-0.39, 0.29) is 11.7 Å². The highest BCUT2D eigenvalue weighted by Crippen LogP contribution is 2.20. The lowest BCUT2D eigenvalue weighted by Crippen LogP contribution is -2.11. The summed E-state index contributed by atoms with van der Waals surface area (Å²) in [5.74, 6) is 0.340. The van der Waals surface area contributed by atoms with E-state index in [9.17, 15) is 9.18 Å². The number of halogens is 1. The van der Waals surface area contributed by atoms with Crippen LogP contribution in [0.2, 0.25) is 0 Å². The van der Waals surface area contributed by atoms with Gasteiger partial charge >= 0.3 is 0 Å². The van der Waals surface area contributed by atoms with Crippen LogP contribution in [0.1, 0.15) is 23.2 Å². The summed E-state index contributed by atoms with van der Waals surface area (Å²) in [6.07, 6.45) is 0.679. The number of nitrogens with one attached hydrogen (secondary N) is 1. The average Bonchev–Trinajstić information content (AvgIpc) is 3.05. The number of anilines is 1. The molecule has 23 heavy (non-hydrogen) atoms. The molecule has 0 aliphatic heterocycles. The number of aryl methyl sites for hydroxylation is 1. The molecule has 1 amide bonds. The van der Waals surface area contributed by atoms with Crippen molar-refractivity contribution in [3.05, 3.63) is 65.8 Å². The number of hydrogen-bond acceptors (Lipinski definition) is 4. The first-order valence-corrected chi connectivity index (χ1v) is 7.15. The van der Waals surface area contributed by atoms with Gasteiger partial charge in [-0.25, -0.2) is 4.39 Å². The number of nitrogens with zero attached hydrogens (tertiary/aromatic N) is 2. The molecule has 6 heteroatoms. The normalized spacial score (nSPS) is 10.5. The minimum absolute atomic E-state index is 0.302. The molecular weight excluding hydrogens is 297 g/mol. The number of amides is 1. The molecule has 3 rings (SSSR count). The fraction of sp³-hybridized carbons (Fsp3) is 0.118. The molecule has 1 N–H and O–H groups in total. The quantitative estimate of drug-likeness (QED) is 0.798. The van der Waals surface area contributed by atoms with Gasteiger partial charge in [-0.3, -0.25) is 4.79 Å². The molecule has 0 bridgehead atoms. The Kier molecular flexibility index (Phi) is 4.14. The monoisotopic (exact) mass is 311 g/mol. The lowest BCUT2D eigenvalue weighted by Gasteiger charge is -2.05. The van der Waals surface area contributed by atoms with Crippen molar-refractivity contribution < 1.29 is 13.6 Å². The Morgan fingerprint density at radius 1 is 1.09 bits per heavy atom. The average molecular weight is 311 g/mol. The Morgan fingerprint density at radius 2 is 1.78 bits per heavy atom. The SMILES string of the molecule is CCc1nnc(-c2ccc(NC(=O)c3ccc(F)cc3)cc2)o1. The van der Waals surface area contributed by atoms with E-state index < -0.39 is 0 Å². The third-order valence-corrected chi connectivity index (χ3v) is 3.27. The van der Waals surface area contributed by atoms with Crippen LogP contribution in [0.15, 0.2) is 52.9 Å². The molecule has 0 spiro atoms. The van der Waals surface area contributed by atoms with Gasteiger partial charge in [0.05, 0.1) is 0 Å². The molecule has 3 aromatic rings. The molecule has 0 saturated heterocycles. The van der Waals surface area contributed by atoms with Gasteiger partial charge < -0.3 is 9.73 Å². The molecule has 2 aromatic carbocycles. The number of aromatic nitrogens is 2. The van der Waals surface area contributed by atoms with Crippen LogP contribution in [0.4, 0.5) is 10.1 Å². The van der Waals surface area contributed by atoms with Crippen LogP contribution in [0.5, 0.6) is 0 Å². The van der Waals surface area contributed by atoms with Crippen LogP contribution in [-0.4, -0.2) is 16.1 Å². The van der Waals surface area contributed by atoms with Crippen LogP contribution in [-0.2, 0) is 6.42 Å². The molecule has 0 aliphatic rings. The maximum Gasteiger partial charge on any atom is 0.255 e. The van der Waals surface area contributed by atoms with E-state index in [1.54, 1.807) is 24.3 Å². The van der Waals surface area contributed by atoms with Gasteiger partial charge in [0.1, 0.15) is 5.82 Å². The Morgan fingerprint density at radius 3 is 2.39 bits per heavy atom. The number of rotatable bonds is 4. The van der Waals surface area contributed by atoms with Crippen LogP contribution < -0.4 is 5.32 Å². The fourth-order valence-electron chi connectivity index (χ4n) is 2.01. The Labute approximate surface area is 132 Å².